The molecule has 0 bridgehead atoms. The van der Waals surface area contributed by atoms with Crippen LogP contribution < -0.4 is 4.74 Å². The summed E-state index contributed by atoms with van der Waals surface area (Å²) < 4.78 is 17.3. The molecule has 4 nitrogen and oxygen atoms in total. The van der Waals surface area contributed by atoms with Crippen LogP contribution in [0.25, 0.3) is 0 Å². The van der Waals surface area contributed by atoms with Gasteiger partial charge in [0.25, 0.3) is 0 Å². The van der Waals surface area contributed by atoms with Crippen molar-refractivity contribution in [3.05, 3.63) is 64.7 Å². The van der Waals surface area contributed by atoms with Crippen LogP contribution in [0.4, 0.5) is 4.79 Å². The molecule has 4 atom stereocenters. The largest absolute Gasteiger partial charge is 0.509 e. The van der Waals surface area contributed by atoms with Gasteiger partial charge < -0.3 is 14.2 Å². The highest BCUT2D eigenvalue weighted by Gasteiger charge is 2.57. The smallest absolute Gasteiger partial charge is 0.485 e. The third-order valence-corrected chi connectivity index (χ3v) is 6.08. The molecule has 0 radical (unpaired) electrons. The van der Waals surface area contributed by atoms with Gasteiger partial charge in [0.2, 0.25) is 0 Å². The number of carbonyl (C=O) groups is 1. The van der Waals surface area contributed by atoms with E-state index in [2.05, 4.69) is 56.3 Å². The van der Waals surface area contributed by atoms with Crippen molar-refractivity contribution in [2.45, 2.75) is 44.3 Å². The second-order valence-electron chi connectivity index (χ2n) is 7.99. The Hall–Kier alpha value is -2.49. The van der Waals surface area contributed by atoms with Crippen LogP contribution in [0.3, 0.4) is 0 Å². The lowest BCUT2D eigenvalue weighted by atomic mass is 9.79. The molecule has 4 heteroatoms. The Labute approximate surface area is 153 Å². The summed E-state index contributed by atoms with van der Waals surface area (Å²) >= 11 is 0. The maximum Gasteiger partial charge on any atom is 0.509 e. The van der Waals surface area contributed by atoms with Crippen molar-refractivity contribution in [3.8, 4) is 5.75 Å². The van der Waals surface area contributed by atoms with E-state index in [0.717, 1.165) is 18.6 Å². The van der Waals surface area contributed by atoms with E-state index in [0.29, 0.717) is 12.5 Å². The topological polar surface area (TPSA) is 44.8 Å². The van der Waals surface area contributed by atoms with E-state index in [4.69, 9.17) is 14.2 Å². The number of aryl methyl sites for hydroxylation is 2. The first-order valence-corrected chi connectivity index (χ1v) is 9.23. The van der Waals surface area contributed by atoms with E-state index in [1.807, 2.05) is 0 Å². The number of cyclic esters (lactones) is 1. The number of hydrogen-bond donors (Lipinski definition) is 0. The molecule has 1 spiro atoms. The predicted octanol–water partition coefficient (Wildman–Crippen LogP) is 4.84. The molecule has 0 unspecified atom stereocenters. The van der Waals surface area contributed by atoms with Gasteiger partial charge in [-0.1, -0.05) is 47.5 Å². The molecule has 1 saturated heterocycles. The van der Waals surface area contributed by atoms with Gasteiger partial charge in [0.15, 0.2) is 5.60 Å². The van der Waals surface area contributed by atoms with Crippen LogP contribution in [-0.4, -0.2) is 18.4 Å². The van der Waals surface area contributed by atoms with Gasteiger partial charge in [-0.25, -0.2) is 4.79 Å². The summed E-state index contributed by atoms with van der Waals surface area (Å²) in [5.74, 6) is 1.52. The molecule has 26 heavy (non-hydrogen) atoms. The molecule has 2 fully saturated rings. The summed E-state index contributed by atoms with van der Waals surface area (Å²) in [6.45, 7) is 4.54. The van der Waals surface area contributed by atoms with Crippen molar-refractivity contribution < 1.29 is 19.0 Å². The fraction of sp³-hybridized carbons (Fsp3) is 0.409. The summed E-state index contributed by atoms with van der Waals surface area (Å²) in [4.78, 5) is 11.6. The molecule has 1 aliphatic carbocycles. The maximum atomic E-state index is 11.6. The average Bonchev–Trinajstić information content (AvgIpc) is 3.18. The Bertz CT molecular complexity index is 872. The lowest BCUT2D eigenvalue weighted by Gasteiger charge is -2.36. The first-order valence-electron chi connectivity index (χ1n) is 9.23. The number of benzene rings is 2. The normalized spacial score (nSPS) is 31.8. The number of hydrogen-bond acceptors (Lipinski definition) is 4. The van der Waals surface area contributed by atoms with Crippen LogP contribution in [-0.2, 0) is 9.47 Å². The summed E-state index contributed by atoms with van der Waals surface area (Å²) in [5.41, 5.74) is 4.36. The SMILES string of the molecule is Cc1ccc([C@H]2Oc3ccc(C)cc3[C@H]3C[C@@]4(COC(=O)O4)C[C@H]32)cc1. The highest BCUT2D eigenvalue weighted by atomic mass is 16.8. The average molecular weight is 350 g/mol. The summed E-state index contributed by atoms with van der Waals surface area (Å²) in [5, 5.41) is 0. The fourth-order valence-corrected chi connectivity index (χ4v) is 4.85. The molecule has 0 aromatic heterocycles. The van der Waals surface area contributed by atoms with Crippen molar-refractivity contribution >= 4 is 6.16 Å². The number of carbonyl (C=O) groups excluding carboxylic acids is 1. The minimum Gasteiger partial charge on any atom is -0.485 e. The Morgan fingerprint density at radius 3 is 2.50 bits per heavy atom. The standard InChI is InChI=1S/C22H22O4/c1-13-3-6-15(7-4-13)20-18-11-22(12-24-21(23)26-22)10-17(18)16-9-14(2)5-8-19(16)25-20/h3-9,17-18,20H,10-12H2,1-2H3/t17-,18-,20-,22+/m1/s1. The van der Waals surface area contributed by atoms with Crippen LogP contribution in [0.15, 0.2) is 42.5 Å². The number of rotatable bonds is 1. The van der Waals surface area contributed by atoms with Crippen molar-refractivity contribution in [1.82, 2.24) is 0 Å². The van der Waals surface area contributed by atoms with Crippen LogP contribution in [0.2, 0.25) is 0 Å². The molecule has 0 amide bonds. The molecule has 1 saturated carbocycles. The molecule has 2 aliphatic heterocycles. The van der Waals surface area contributed by atoms with E-state index in [9.17, 15) is 4.79 Å². The van der Waals surface area contributed by atoms with Crippen LogP contribution >= 0.6 is 0 Å². The first kappa shape index (κ1) is 15.7. The van der Waals surface area contributed by atoms with E-state index < -0.39 is 11.8 Å². The van der Waals surface area contributed by atoms with Crippen molar-refractivity contribution in [2.75, 3.05) is 6.61 Å². The van der Waals surface area contributed by atoms with Crippen LogP contribution in [0.1, 0.15) is 47.1 Å². The van der Waals surface area contributed by atoms with Crippen molar-refractivity contribution in [2.24, 2.45) is 5.92 Å². The van der Waals surface area contributed by atoms with Gasteiger partial charge in [0, 0.05) is 5.92 Å². The van der Waals surface area contributed by atoms with E-state index in [1.165, 1.54) is 22.3 Å². The second-order valence-corrected chi connectivity index (χ2v) is 7.99. The molecule has 5 rings (SSSR count). The highest BCUT2D eigenvalue weighted by molar-refractivity contribution is 5.63. The molecule has 134 valence electrons. The third-order valence-electron chi connectivity index (χ3n) is 6.08. The minimum atomic E-state index is -0.541. The highest BCUT2D eigenvalue weighted by Crippen LogP contribution is 2.58. The number of fused-ring (bicyclic) bond motifs is 3. The first-order chi connectivity index (χ1) is 12.5. The van der Waals surface area contributed by atoms with Gasteiger partial charge >= 0.3 is 6.16 Å². The van der Waals surface area contributed by atoms with E-state index >= 15 is 0 Å². The quantitative estimate of drug-likeness (QED) is 0.691. The van der Waals surface area contributed by atoms with Gasteiger partial charge in [-0.05, 0) is 49.8 Å². The van der Waals surface area contributed by atoms with Crippen molar-refractivity contribution in [3.63, 3.8) is 0 Å². The maximum absolute atomic E-state index is 11.6. The molecular weight excluding hydrogens is 328 g/mol. The molecule has 3 aliphatic rings. The zero-order chi connectivity index (χ0) is 17.9. The Balaban J connectivity index is 1.58. The third kappa shape index (κ3) is 2.39. The fourth-order valence-electron chi connectivity index (χ4n) is 4.85. The Morgan fingerprint density at radius 2 is 1.77 bits per heavy atom. The summed E-state index contributed by atoms with van der Waals surface area (Å²) in [6.07, 6.45) is 0.997. The Kier molecular flexibility index (Phi) is 3.33. The van der Waals surface area contributed by atoms with E-state index in [1.54, 1.807) is 0 Å². The van der Waals surface area contributed by atoms with Gasteiger partial charge in [0.1, 0.15) is 18.5 Å². The van der Waals surface area contributed by atoms with Gasteiger partial charge in [-0.15, -0.1) is 0 Å². The van der Waals surface area contributed by atoms with E-state index in [-0.39, 0.29) is 12.0 Å². The van der Waals surface area contributed by atoms with Gasteiger partial charge in [-0.2, -0.15) is 0 Å². The van der Waals surface area contributed by atoms with Crippen LogP contribution in [0.5, 0.6) is 5.75 Å². The van der Waals surface area contributed by atoms with Crippen LogP contribution in [0, 0.1) is 19.8 Å². The second kappa shape index (κ2) is 5.50. The zero-order valence-electron chi connectivity index (χ0n) is 15.0. The molecule has 0 N–H and O–H groups in total. The minimum absolute atomic E-state index is 0.0329. The lowest BCUT2D eigenvalue weighted by molar-refractivity contribution is 0.0484. The van der Waals surface area contributed by atoms with Crippen molar-refractivity contribution in [1.29, 1.82) is 0 Å². The lowest BCUT2D eigenvalue weighted by Crippen LogP contribution is -2.29. The monoisotopic (exact) mass is 350 g/mol. The Morgan fingerprint density at radius 1 is 1.00 bits per heavy atom. The molecule has 2 aromatic carbocycles. The van der Waals surface area contributed by atoms with Gasteiger partial charge in [0.05, 0.1) is 0 Å². The summed E-state index contributed by atoms with van der Waals surface area (Å²) in [7, 11) is 0. The summed E-state index contributed by atoms with van der Waals surface area (Å²) in [6, 6.07) is 14.9. The number of ether oxygens (including phenoxy) is 3. The van der Waals surface area contributed by atoms with Gasteiger partial charge in [-0.3, -0.25) is 0 Å². The molecule has 2 aromatic rings. The zero-order valence-corrected chi connectivity index (χ0v) is 15.0. The predicted molar refractivity (Wildman–Crippen MR) is 96.4 cm³/mol. The molecular formula is C22H22O4. The molecule has 2 heterocycles.